The molecule has 1 amide bonds. The number of aliphatic carboxylic acids is 1. The van der Waals surface area contributed by atoms with Gasteiger partial charge in [0.15, 0.2) is 0 Å². The second-order valence-electron chi connectivity index (χ2n) is 9.20. The zero-order valence-electron chi connectivity index (χ0n) is 15.8. The van der Waals surface area contributed by atoms with Crippen LogP contribution in [0.5, 0.6) is 0 Å². The molecule has 2 atom stereocenters. The van der Waals surface area contributed by atoms with Gasteiger partial charge in [-0.3, -0.25) is 9.69 Å². The van der Waals surface area contributed by atoms with Gasteiger partial charge in [-0.15, -0.1) is 0 Å². The summed E-state index contributed by atoms with van der Waals surface area (Å²) in [5.74, 6) is -0.387. The van der Waals surface area contributed by atoms with Gasteiger partial charge in [0.2, 0.25) is 0 Å². The van der Waals surface area contributed by atoms with Gasteiger partial charge in [0, 0.05) is 25.0 Å². The first-order valence-corrected chi connectivity index (χ1v) is 9.64. The molecule has 6 nitrogen and oxygen atoms in total. The first-order valence-electron chi connectivity index (χ1n) is 9.64. The van der Waals surface area contributed by atoms with Crippen LogP contribution in [-0.4, -0.2) is 64.8 Å². The molecule has 2 aliphatic heterocycles. The highest BCUT2D eigenvalue weighted by Gasteiger charge is 2.49. The molecule has 0 aromatic heterocycles. The first kappa shape index (κ1) is 18.5. The Morgan fingerprint density at radius 2 is 1.76 bits per heavy atom. The third-order valence-corrected chi connectivity index (χ3v) is 6.05. The van der Waals surface area contributed by atoms with Crippen LogP contribution in [0, 0.1) is 11.3 Å². The van der Waals surface area contributed by atoms with Gasteiger partial charge in [-0.05, 0) is 58.9 Å². The highest BCUT2D eigenvalue weighted by molar-refractivity contribution is 5.74. The van der Waals surface area contributed by atoms with E-state index in [0.717, 1.165) is 51.6 Å². The summed E-state index contributed by atoms with van der Waals surface area (Å²) < 4.78 is 5.50. The fourth-order valence-corrected chi connectivity index (χ4v) is 4.89. The number of ether oxygens (including phenoxy) is 1. The fraction of sp³-hybridized carbons (Fsp3) is 0.895. The number of carboxylic acids is 1. The van der Waals surface area contributed by atoms with E-state index >= 15 is 0 Å². The van der Waals surface area contributed by atoms with Crippen molar-refractivity contribution in [3.05, 3.63) is 0 Å². The van der Waals surface area contributed by atoms with E-state index in [0.29, 0.717) is 13.1 Å². The van der Waals surface area contributed by atoms with E-state index in [-0.39, 0.29) is 23.5 Å². The molecular formula is C19H32N2O4. The van der Waals surface area contributed by atoms with Crippen molar-refractivity contribution < 1.29 is 19.4 Å². The molecule has 2 saturated heterocycles. The van der Waals surface area contributed by atoms with Gasteiger partial charge in [0.1, 0.15) is 11.6 Å². The summed E-state index contributed by atoms with van der Waals surface area (Å²) in [6.07, 6.45) is 6.05. The summed E-state index contributed by atoms with van der Waals surface area (Å²) in [5.41, 5.74) is -0.436. The Bertz CT molecular complexity index is 524. The SMILES string of the molecule is CC(C)(C)OC(=O)N1CC[C@]2(CCN([C@H](C(=O)O)C3CCCC3)C2)C1. The Morgan fingerprint density at radius 3 is 2.36 bits per heavy atom. The summed E-state index contributed by atoms with van der Waals surface area (Å²) in [4.78, 5) is 28.2. The molecule has 0 radical (unpaired) electrons. The smallest absolute Gasteiger partial charge is 0.410 e. The molecule has 0 aromatic carbocycles. The average Bonchev–Trinajstić information content (AvgIpc) is 3.20. The first-order chi connectivity index (χ1) is 11.7. The van der Waals surface area contributed by atoms with Gasteiger partial charge in [0.05, 0.1) is 0 Å². The quantitative estimate of drug-likeness (QED) is 0.845. The summed E-state index contributed by atoms with van der Waals surface area (Å²) in [6, 6.07) is -0.350. The van der Waals surface area contributed by atoms with Crippen LogP contribution in [0.3, 0.4) is 0 Å². The molecule has 3 fully saturated rings. The molecule has 1 aliphatic carbocycles. The molecule has 2 heterocycles. The van der Waals surface area contributed by atoms with E-state index in [1.54, 1.807) is 4.90 Å². The maximum absolute atomic E-state index is 12.3. The Kier molecular flexibility index (Phi) is 5.02. The Labute approximate surface area is 150 Å². The number of carbonyl (C=O) groups excluding carboxylic acids is 1. The zero-order chi connectivity index (χ0) is 18.2. The van der Waals surface area contributed by atoms with E-state index < -0.39 is 11.6 Å². The van der Waals surface area contributed by atoms with Crippen LogP contribution < -0.4 is 0 Å². The summed E-state index contributed by atoms with van der Waals surface area (Å²) in [6.45, 7) is 8.67. The number of rotatable bonds is 3. The van der Waals surface area contributed by atoms with Crippen LogP contribution in [0.1, 0.15) is 59.3 Å². The van der Waals surface area contributed by atoms with Crippen LogP contribution in [0.2, 0.25) is 0 Å². The maximum Gasteiger partial charge on any atom is 0.410 e. The van der Waals surface area contributed by atoms with E-state index in [2.05, 4.69) is 4.90 Å². The van der Waals surface area contributed by atoms with E-state index in [1.807, 2.05) is 20.8 Å². The van der Waals surface area contributed by atoms with Gasteiger partial charge in [-0.25, -0.2) is 4.79 Å². The summed E-state index contributed by atoms with van der Waals surface area (Å²) >= 11 is 0. The number of hydrogen-bond donors (Lipinski definition) is 1. The number of amides is 1. The molecule has 3 aliphatic rings. The minimum Gasteiger partial charge on any atom is -0.480 e. The lowest BCUT2D eigenvalue weighted by Gasteiger charge is -2.31. The third-order valence-electron chi connectivity index (χ3n) is 6.05. The van der Waals surface area contributed by atoms with Crippen molar-refractivity contribution in [3.8, 4) is 0 Å². The normalized spacial score (nSPS) is 29.5. The zero-order valence-corrected chi connectivity index (χ0v) is 15.8. The lowest BCUT2D eigenvalue weighted by molar-refractivity contribution is -0.145. The predicted octanol–water partition coefficient (Wildman–Crippen LogP) is 2.96. The molecule has 0 unspecified atom stereocenters. The van der Waals surface area contributed by atoms with Crippen molar-refractivity contribution in [2.24, 2.45) is 11.3 Å². The molecule has 3 rings (SSSR count). The lowest BCUT2D eigenvalue weighted by atomic mass is 9.86. The minimum absolute atomic E-state index is 0.0448. The Hall–Kier alpha value is -1.30. The predicted molar refractivity (Wildman–Crippen MR) is 94.4 cm³/mol. The molecule has 0 aromatic rings. The topological polar surface area (TPSA) is 70.1 Å². The van der Waals surface area contributed by atoms with Gasteiger partial charge < -0.3 is 14.7 Å². The number of hydrogen-bond acceptors (Lipinski definition) is 4. The van der Waals surface area contributed by atoms with Crippen LogP contribution >= 0.6 is 0 Å². The van der Waals surface area contributed by atoms with Crippen LogP contribution in [0.4, 0.5) is 4.79 Å². The number of nitrogens with zero attached hydrogens (tertiary/aromatic N) is 2. The van der Waals surface area contributed by atoms with Crippen molar-refractivity contribution in [1.82, 2.24) is 9.80 Å². The van der Waals surface area contributed by atoms with E-state index in [1.165, 1.54) is 0 Å². The molecule has 1 spiro atoms. The highest BCUT2D eigenvalue weighted by atomic mass is 16.6. The van der Waals surface area contributed by atoms with Crippen molar-refractivity contribution >= 4 is 12.1 Å². The van der Waals surface area contributed by atoms with E-state index in [4.69, 9.17) is 4.74 Å². The Balaban J connectivity index is 1.62. The monoisotopic (exact) mass is 352 g/mol. The molecule has 6 heteroatoms. The second kappa shape index (κ2) is 6.78. The summed E-state index contributed by atoms with van der Waals surface area (Å²) in [5, 5.41) is 9.77. The molecule has 0 bridgehead atoms. The van der Waals surface area contributed by atoms with Crippen LogP contribution in [0.15, 0.2) is 0 Å². The lowest BCUT2D eigenvalue weighted by Crippen LogP contribution is -2.45. The molecule has 142 valence electrons. The van der Waals surface area contributed by atoms with Crippen molar-refractivity contribution in [3.63, 3.8) is 0 Å². The standard InChI is InChI=1S/C19H32N2O4/c1-18(2,3)25-17(24)21-11-9-19(13-21)8-10-20(12-19)15(16(22)23)14-6-4-5-7-14/h14-15H,4-13H2,1-3H3,(H,22,23)/t15-,19-/m0/s1. The van der Waals surface area contributed by atoms with Gasteiger partial charge in [0.25, 0.3) is 0 Å². The van der Waals surface area contributed by atoms with Crippen molar-refractivity contribution in [1.29, 1.82) is 0 Å². The van der Waals surface area contributed by atoms with Crippen molar-refractivity contribution in [2.75, 3.05) is 26.2 Å². The van der Waals surface area contributed by atoms with Gasteiger partial charge >= 0.3 is 12.1 Å². The second-order valence-corrected chi connectivity index (χ2v) is 9.20. The summed E-state index contributed by atoms with van der Waals surface area (Å²) in [7, 11) is 0. The molecule has 1 N–H and O–H groups in total. The Morgan fingerprint density at radius 1 is 1.12 bits per heavy atom. The van der Waals surface area contributed by atoms with Gasteiger partial charge in [-0.2, -0.15) is 0 Å². The third kappa shape index (κ3) is 4.10. The molecular weight excluding hydrogens is 320 g/mol. The van der Waals surface area contributed by atoms with Crippen LogP contribution in [-0.2, 0) is 9.53 Å². The molecule has 25 heavy (non-hydrogen) atoms. The number of carbonyl (C=O) groups is 2. The fourth-order valence-electron chi connectivity index (χ4n) is 4.89. The maximum atomic E-state index is 12.3. The largest absolute Gasteiger partial charge is 0.480 e. The van der Waals surface area contributed by atoms with E-state index in [9.17, 15) is 14.7 Å². The number of likely N-dealkylation sites (tertiary alicyclic amines) is 2. The minimum atomic E-state index is -0.675. The van der Waals surface area contributed by atoms with Gasteiger partial charge in [-0.1, -0.05) is 12.8 Å². The average molecular weight is 352 g/mol. The molecule has 1 saturated carbocycles. The number of carboxylic acid groups (broad SMARTS) is 1. The van der Waals surface area contributed by atoms with Crippen LogP contribution in [0.25, 0.3) is 0 Å². The highest BCUT2D eigenvalue weighted by Crippen LogP contribution is 2.42. The van der Waals surface area contributed by atoms with Crippen molar-refractivity contribution in [2.45, 2.75) is 70.9 Å².